The minimum absolute atomic E-state index is 0.317. The third kappa shape index (κ3) is 2.91. The second-order valence-electron chi connectivity index (χ2n) is 8.45. The topological polar surface area (TPSA) is 23.6 Å². The van der Waals surface area contributed by atoms with Crippen LogP contribution in [0.4, 0.5) is 0 Å². The lowest BCUT2D eigenvalue weighted by Gasteiger charge is -2.37. The van der Waals surface area contributed by atoms with E-state index >= 15 is 0 Å². The zero-order chi connectivity index (χ0) is 16.9. The van der Waals surface area contributed by atoms with Crippen LogP contribution in [-0.2, 0) is 17.8 Å². The average molecular weight is 357 g/mol. The van der Waals surface area contributed by atoms with Crippen molar-refractivity contribution in [3.05, 3.63) is 35.4 Å². The Bertz CT molecular complexity index is 662. The number of rotatable bonds is 2. The number of likely N-dealkylation sites (tertiary alicyclic amines) is 1. The molecule has 0 aromatic heterocycles. The molecule has 4 aliphatic rings. The third-order valence-corrected chi connectivity index (χ3v) is 8.29. The average Bonchev–Trinajstić information content (AvgIpc) is 3.08. The molecule has 1 aromatic carbocycles. The van der Waals surface area contributed by atoms with E-state index in [0.29, 0.717) is 17.2 Å². The van der Waals surface area contributed by atoms with Gasteiger partial charge in [0, 0.05) is 30.8 Å². The van der Waals surface area contributed by atoms with Crippen LogP contribution in [0, 0.1) is 11.3 Å². The molecule has 4 heteroatoms. The maximum Gasteiger partial charge on any atom is 0.226 e. The number of benzene rings is 1. The van der Waals surface area contributed by atoms with Gasteiger partial charge >= 0.3 is 0 Å². The smallest absolute Gasteiger partial charge is 0.226 e. The Labute approximate surface area is 155 Å². The minimum atomic E-state index is 0.317. The van der Waals surface area contributed by atoms with E-state index < -0.39 is 0 Å². The largest absolute Gasteiger partial charge is 0.338 e. The molecule has 2 atom stereocenters. The van der Waals surface area contributed by atoms with Crippen molar-refractivity contribution < 1.29 is 4.79 Å². The fourth-order valence-electron chi connectivity index (χ4n) is 5.30. The summed E-state index contributed by atoms with van der Waals surface area (Å²) in [6.45, 7) is 4.18. The van der Waals surface area contributed by atoms with Gasteiger partial charge in [0.2, 0.25) is 5.91 Å². The van der Waals surface area contributed by atoms with Crippen molar-refractivity contribution in [2.24, 2.45) is 11.3 Å². The Morgan fingerprint density at radius 1 is 1.12 bits per heavy atom. The van der Waals surface area contributed by atoms with Gasteiger partial charge in [-0.15, -0.1) is 0 Å². The predicted molar refractivity (Wildman–Crippen MR) is 103 cm³/mol. The van der Waals surface area contributed by atoms with Crippen molar-refractivity contribution in [3.63, 3.8) is 0 Å². The van der Waals surface area contributed by atoms with E-state index in [2.05, 4.69) is 45.8 Å². The van der Waals surface area contributed by atoms with Crippen LogP contribution in [0.1, 0.15) is 36.8 Å². The molecular formula is C21H28N2OS. The number of carbonyl (C=O) groups excluding carboxylic acids is 1. The molecule has 1 aromatic rings. The Morgan fingerprint density at radius 3 is 2.68 bits per heavy atom. The first-order valence-corrected chi connectivity index (χ1v) is 11.1. The van der Waals surface area contributed by atoms with Crippen LogP contribution in [0.15, 0.2) is 24.3 Å². The van der Waals surface area contributed by atoms with Crippen molar-refractivity contribution in [1.29, 1.82) is 0 Å². The van der Waals surface area contributed by atoms with E-state index in [1.54, 1.807) is 0 Å². The van der Waals surface area contributed by atoms with Crippen molar-refractivity contribution in [3.8, 4) is 0 Å². The van der Waals surface area contributed by atoms with E-state index in [-0.39, 0.29) is 0 Å². The molecule has 3 heterocycles. The first kappa shape index (κ1) is 16.2. The summed E-state index contributed by atoms with van der Waals surface area (Å²) in [4.78, 5) is 17.9. The zero-order valence-corrected chi connectivity index (χ0v) is 15.8. The highest BCUT2D eigenvalue weighted by molar-refractivity contribution is 7.99. The monoisotopic (exact) mass is 356 g/mol. The minimum Gasteiger partial charge on any atom is -0.338 e. The molecule has 5 rings (SSSR count). The second kappa shape index (κ2) is 6.31. The number of piperidine rings is 1. The van der Waals surface area contributed by atoms with Gasteiger partial charge in [0.05, 0.1) is 0 Å². The maximum absolute atomic E-state index is 13.1. The summed E-state index contributed by atoms with van der Waals surface area (Å²) in [6.07, 6.45) is 6.03. The molecule has 2 unspecified atom stereocenters. The first-order chi connectivity index (χ1) is 12.3. The number of fused-ring (bicyclic) bond motifs is 1. The quantitative estimate of drug-likeness (QED) is 0.813. The lowest BCUT2D eigenvalue weighted by atomic mass is 9.89. The highest BCUT2D eigenvalue weighted by Gasteiger charge is 2.59. The standard InChI is InChI=1S/C21H28N2OS/c24-20(23-9-5-16-3-1-2-4-17(16)14-23)19-13-21(19)7-10-22(11-8-21)18-6-12-25-15-18/h1-4,18-19H,5-15H2. The molecule has 0 radical (unpaired) electrons. The molecule has 1 amide bonds. The molecule has 1 spiro atoms. The van der Waals surface area contributed by atoms with E-state index in [1.807, 2.05) is 0 Å². The number of hydrogen-bond acceptors (Lipinski definition) is 3. The van der Waals surface area contributed by atoms with Gasteiger partial charge in [0.15, 0.2) is 0 Å². The van der Waals surface area contributed by atoms with Gasteiger partial charge in [0.1, 0.15) is 0 Å². The number of hydrogen-bond donors (Lipinski definition) is 0. The molecule has 2 saturated heterocycles. The summed E-state index contributed by atoms with van der Waals surface area (Å²) in [7, 11) is 0. The van der Waals surface area contributed by atoms with E-state index in [1.165, 1.54) is 55.0 Å². The third-order valence-electron chi connectivity index (χ3n) is 7.15. The maximum atomic E-state index is 13.1. The van der Waals surface area contributed by atoms with E-state index in [9.17, 15) is 4.79 Å². The van der Waals surface area contributed by atoms with Gasteiger partial charge in [0.25, 0.3) is 0 Å². The highest BCUT2D eigenvalue weighted by Crippen LogP contribution is 2.60. The van der Waals surface area contributed by atoms with Crippen LogP contribution in [0.25, 0.3) is 0 Å². The van der Waals surface area contributed by atoms with Crippen molar-refractivity contribution in [1.82, 2.24) is 9.80 Å². The number of nitrogens with zero attached hydrogens (tertiary/aromatic N) is 2. The van der Waals surface area contributed by atoms with E-state index in [4.69, 9.17) is 0 Å². The normalized spacial score (nSPS) is 31.1. The van der Waals surface area contributed by atoms with Gasteiger partial charge in [-0.05, 0) is 67.5 Å². The fraction of sp³-hybridized carbons (Fsp3) is 0.667. The summed E-state index contributed by atoms with van der Waals surface area (Å²) in [6, 6.07) is 9.43. The van der Waals surface area contributed by atoms with Gasteiger partial charge < -0.3 is 4.90 Å². The lowest BCUT2D eigenvalue weighted by molar-refractivity contribution is -0.134. The predicted octanol–water partition coefficient (Wildman–Crippen LogP) is 3.18. The second-order valence-corrected chi connectivity index (χ2v) is 9.60. The van der Waals surface area contributed by atoms with Gasteiger partial charge in [-0.25, -0.2) is 0 Å². The van der Waals surface area contributed by atoms with Crippen molar-refractivity contribution >= 4 is 17.7 Å². The Balaban J connectivity index is 1.20. The molecule has 3 aliphatic heterocycles. The molecule has 25 heavy (non-hydrogen) atoms. The van der Waals surface area contributed by atoms with Crippen LogP contribution < -0.4 is 0 Å². The number of amides is 1. The Hall–Kier alpha value is -1.00. The fourth-order valence-corrected chi connectivity index (χ4v) is 6.55. The Kier molecular flexibility index (Phi) is 4.09. The number of carbonyl (C=O) groups is 1. The SMILES string of the molecule is O=C(C1CC12CCN(C1CCSC1)CC2)N1CCc2ccccc2C1. The molecule has 134 valence electrons. The summed E-state index contributed by atoms with van der Waals surface area (Å²) in [5.74, 6) is 3.42. The molecule has 3 fully saturated rings. The van der Waals surface area contributed by atoms with Gasteiger partial charge in [-0.2, -0.15) is 11.8 Å². The summed E-state index contributed by atoms with van der Waals surface area (Å²) in [5.41, 5.74) is 3.14. The molecular weight excluding hydrogens is 328 g/mol. The molecule has 0 bridgehead atoms. The van der Waals surface area contributed by atoms with Crippen LogP contribution in [0.2, 0.25) is 0 Å². The van der Waals surface area contributed by atoms with Gasteiger partial charge in [-0.3, -0.25) is 9.69 Å². The molecule has 3 nitrogen and oxygen atoms in total. The summed E-state index contributed by atoms with van der Waals surface area (Å²) >= 11 is 2.11. The summed E-state index contributed by atoms with van der Waals surface area (Å²) in [5, 5.41) is 0. The van der Waals surface area contributed by atoms with Crippen LogP contribution in [0.5, 0.6) is 0 Å². The number of thioether (sulfide) groups is 1. The van der Waals surface area contributed by atoms with Crippen LogP contribution in [-0.4, -0.2) is 52.9 Å². The van der Waals surface area contributed by atoms with Crippen molar-refractivity contribution in [2.75, 3.05) is 31.1 Å². The van der Waals surface area contributed by atoms with Crippen LogP contribution in [0.3, 0.4) is 0 Å². The first-order valence-electron chi connectivity index (χ1n) is 9.93. The van der Waals surface area contributed by atoms with E-state index in [0.717, 1.165) is 32.0 Å². The van der Waals surface area contributed by atoms with Gasteiger partial charge in [-0.1, -0.05) is 24.3 Å². The molecule has 0 N–H and O–H groups in total. The van der Waals surface area contributed by atoms with Crippen molar-refractivity contribution in [2.45, 2.75) is 44.7 Å². The van der Waals surface area contributed by atoms with Crippen LogP contribution >= 0.6 is 11.8 Å². The molecule has 1 saturated carbocycles. The zero-order valence-electron chi connectivity index (χ0n) is 15.0. The molecule has 1 aliphatic carbocycles. The Morgan fingerprint density at radius 2 is 1.92 bits per heavy atom. The lowest BCUT2D eigenvalue weighted by Crippen LogP contribution is -2.43. The summed E-state index contributed by atoms with van der Waals surface area (Å²) < 4.78 is 0. The highest BCUT2D eigenvalue weighted by atomic mass is 32.2.